The Labute approximate surface area is 33.5 Å². The van der Waals surface area contributed by atoms with E-state index in [1.165, 1.54) is 6.42 Å². The Bertz CT molecular complexity index is 21.2. The third-order valence-electron chi connectivity index (χ3n) is 0.493. The fourth-order valence-corrected chi connectivity index (χ4v) is 0.204. The molecule has 0 aromatic carbocycles. The lowest BCUT2D eigenvalue weighted by atomic mass is 10.4. The Hall–Kier alpha value is -0.260. The summed E-state index contributed by atoms with van der Waals surface area (Å²) in [6.07, 6.45) is 4.31. The van der Waals surface area contributed by atoms with Crippen LogP contribution in [0.4, 0.5) is 0 Å². The van der Waals surface area contributed by atoms with Gasteiger partial charge in [0.15, 0.2) is 0 Å². The second-order valence-electron chi connectivity index (χ2n) is 1.08. The summed E-state index contributed by atoms with van der Waals surface area (Å²) in [7, 11) is 0. The van der Waals surface area contributed by atoms with E-state index in [9.17, 15) is 0 Å². The van der Waals surface area contributed by atoms with Gasteiger partial charge in [0.05, 0.1) is 0 Å². The first kappa shape index (κ1) is 4.74. The molecular formula is C5H10. The lowest BCUT2D eigenvalue weighted by molar-refractivity contribution is 0.961. The molecule has 0 N–H and O–H groups in total. The van der Waals surface area contributed by atoms with Gasteiger partial charge in [0.2, 0.25) is 0 Å². The zero-order valence-corrected chi connectivity index (χ0v) is 3.70. The molecule has 30 valence electrons. The molecule has 0 nitrogen and oxygen atoms in total. The van der Waals surface area contributed by atoms with E-state index in [0.717, 1.165) is 6.42 Å². The summed E-state index contributed by atoms with van der Waals surface area (Å²) in [5.41, 5.74) is 0. The minimum absolute atomic E-state index is 1.15. The van der Waals surface area contributed by atoms with E-state index >= 15 is 0 Å². The molecule has 0 fully saturated rings. The Balaban J connectivity index is 2.40. The molecule has 0 aromatic heterocycles. The van der Waals surface area contributed by atoms with Gasteiger partial charge in [-0.05, 0) is 6.42 Å². The van der Waals surface area contributed by atoms with Crippen molar-refractivity contribution in [3.8, 4) is 0 Å². The van der Waals surface area contributed by atoms with Gasteiger partial charge in [-0.2, -0.15) is 0 Å². The molecular weight excluding hydrogens is 61.0 g/mol. The molecule has 0 amide bonds. The van der Waals surface area contributed by atoms with E-state index in [2.05, 4.69) is 13.5 Å². The summed E-state index contributed by atoms with van der Waals surface area (Å²) in [5, 5.41) is 0. The van der Waals surface area contributed by atoms with E-state index in [1.54, 1.807) is 0 Å². The summed E-state index contributed by atoms with van der Waals surface area (Å²) in [6.45, 7) is 5.69. The lowest BCUT2D eigenvalue weighted by Crippen LogP contribution is -1.52. The maximum atomic E-state index is 3.55. The molecule has 0 unspecified atom stereocenters. The molecule has 0 aromatic rings. The van der Waals surface area contributed by atoms with Crippen LogP contribution in [0.15, 0.2) is 12.7 Å². The molecule has 5 heavy (non-hydrogen) atoms. The van der Waals surface area contributed by atoms with Crippen LogP contribution in [-0.4, -0.2) is 0 Å². The molecule has 0 saturated carbocycles. The second kappa shape index (κ2) is 3.74. The first-order chi connectivity index (χ1) is 2.41. The highest BCUT2D eigenvalue weighted by Crippen LogP contribution is 1.82. The molecule has 0 aliphatic carbocycles. The summed E-state index contributed by atoms with van der Waals surface area (Å²) in [5.74, 6) is 0. The van der Waals surface area contributed by atoms with Gasteiger partial charge >= 0.3 is 0 Å². The topological polar surface area (TPSA) is 0 Å². The number of allylic oxidation sites excluding steroid dienone is 1. The fourth-order valence-electron chi connectivity index (χ4n) is 0.204. The summed E-state index contributed by atoms with van der Waals surface area (Å²) >= 11 is 0. The molecule has 0 spiro atoms. The van der Waals surface area contributed by atoms with Crippen molar-refractivity contribution in [2.45, 2.75) is 19.8 Å². The number of rotatable bonds is 2. The number of hydrogen-bond donors (Lipinski definition) is 0. The smallest absolute Gasteiger partial charge is 0.0356 e. The van der Waals surface area contributed by atoms with E-state index in [1.807, 2.05) is 6.08 Å². The van der Waals surface area contributed by atoms with Gasteiger partial charge in [-0.3, -0.25) is 0 Å². The van der Waals surface area contributed by atoms with Gasteiger partial charge in [-0.1, -0.05) is 19.4 Å². The molecule has 0 aliphatic heterocycles. The van der Waals surface area contributed by atoms with Crippen LogP contribution >= 0.6 is 0 Å². The summed E-state index contributed by atoms with van der Waals surface area (Å²) in [4.78, 5) is 0. The standard InChI is InChI=1S/C5H10/c1-3-5-4-2/h3H,1,4-5H2,2H3/i2+1. The van der Waals surface area contributed by atoms with E-state index in [0.29, 0.717) is 0 Å². The van der Waals surface area contributed by atoms with Gasteiger partial charge < -0.3 is 0 Å². The van der Waals surface area contributed by atoms with Gasteiger partial charge in [0, 0.05) is 0 Å². The zero-order chi connectivity index (χ0) is 4.12. The van der Waals surface area contributed by atoms with Crippen LogP contribution in [0.3, 0.4) is 0 Å². The first-order valence-electron chi connectivity index (χ1n) is 2.02. The van der Waals surface area contributed by atoms with Crippen molar-refractivity contribution in [1.82, 2.24) is 0 Å². The Kier molecular flexibility index (Phi) is 3.55. The van der Waals surface area contributed by atoms with Gasteiger partial charge in [0.25, 0.3) is 0 Å². The predicted octanol–water partition coefficient (Wildman–Crippen LogP) is 1.97. The van der Waals surface area contributed by atoms with Gasteiger partial charge in [-0.25, -0.2) is 0 Å². The third-order valence-corrected chi connectivity index (χ3v) is 0.493. The molecule has 0 atom stereocenters. The largest absolute Gasteiger partial charge is 0.103 e. The molecule has 0 bridgehead atoms. The maximum Gasteiger partial charge on any atom is -0.0356 e. The van der Waals surface area contributed by atoms with E-state index < -0.39 is 0 Å². The van der Waals surface area contributed by atoms with Crippen molar-refractivity contribution >= 4 is 0 Å². The highest BCUT2D eigenvalue weighted by molar-refractivity contribution is 4.63. The number of unbranched alkanes of at least 4 members (excludes halogenated alkanes) is 1. The highest BCUT2D eigenvalue weighted by Gasteiger charge is 1.61. The fraction of sp³-hybridized carbons (Fsp3) is 0.600. The zero-order valence-electron chi connectivity index (χ0n) is 3.70. The third kappa shape index (κ3) is 3.74. The highest BCUT2D eigenvalue weighted by atomic mass is 13.9. The van der Waals surface area contributed by atoms with Crippen LogP contribution in [0.2, 0.25) is 0 Å². The summed E-state index contributed by atoms with van der Waals surface area (Å²) in [6, 6.07) is 0. The van der Waals surface area contributed by atoms with Crippen molar-refractivity contribution in [2.24, 2.45) is 0 Å². The van der Waals surface area contributed by atoms with Crippen molar-refractivity contribution in [3.05, 3.63) is 12.7 Å². The molecule has 0 radical (unpaired) electrons. The number of hydrogen-bond acceptors (Lipinski definition) is 0. The Morgan fingerprint density at radius 1 is 1.80 bits per heavy atom. The minimum atomic E-state index is 1.15. The quantitative estimate of drug-likeness (QED) is 0.345. The monoisotopic (exact) mass is 71.1 g/mol. The SMILES string of the molecule is C=CCC[13CH3]. The van der Waals surface area contributed by atoms with Crippen LogP contribution in [0.5, 0.6) is 0 Å². The second-order valence-corrected chi connectivity index (χ2v) is 1.08. The lowest BCUT2D eigenvalue weighted by Gasteiger charge is -1.72. The van der Waals surface area contributed by atoms with Crippen LogP contribution in [0.1, 0.15) is 19.8 Å². The molecule has 0 heteroatoms. The summed E-state index contributed by atoms with van der Waals surface area (Å²) < 4.78 is 0. The Morgan fingerprint density at radius 3 is 2.40 bits per heavy atom. The van der Waals surface area contributed by atoms with Gasteiger partial charge in [-0.15, -0.1) is 6.58 Å². The molecule has 0 aliphatic rings. The first-order valence-corrected chi connectivity index (χ1v) is 2.02. The van der Waals surface area contributed by atoms with Crippen molar-refractivity contribution in [2.75, 3.05) is 0 Å². The Morgan fingerprint density at radius 2 is 2.40 bits per heavy atom. The van der Waals surface area contributed by atoms with Crippen LogP contribution < -0.4 is 0 Å². The molecule has 0 rings (SSSR count). The molecule has 0 saturated heterocycles. The predicted molar refractivity (Wildman–Crippen MR) is 25.1 cm³/mol. The van der Waals surface area contributed by atoms with Crippen molar-refractivity contribution in [3.63, 3.8) is 0 Å². The minimum Gasteiger partial charge on any atom is -0.103 e. The van der Waals surface area contributed by atoms with Crippen molar-refractivity contribution < 1.29 is 0 Å². The van der Waals surface area contributed by atoms with Crippen LogP contribution in [0.25, 0.3) is 0 Å². The maximum absolute atomic E-state index is 3.55. The van der Waals surface area contributed by atoms with E-state index in [4.69, 9.17) is 0 Å². The average molecular weight is 71.1 g/mol. The van der Waals surface area contributed by atoms with E-state index in [-0.39, 0.29) is 0 Å². The normalized spacial score (nSPS) is 7.40. The van der Waals surface area contributed by atoms with Crippen molar-refractivity contribution in [1.29, 1.82) is 0 Å². The van der Waals surface area contributed by atoms with Crippen LogP contribution in [0, 0.1) is 0 Å². The molecule has 0 heterocycles. The average Bonchev–Trinajstić information content (AvgIpc) is 1.41. The van der Waals surface area contributed by atoms with Crippen LogP contribution in [-0.2, 0) is 0 Å². The van der Waals surface area contributed by atoms with Gasteiger partial charge in [0.1, 0.15) is 0 Å².